The number of aromatic nitrogens is 2. The van der Waals surface area contributed by atoms with E-state index in [9.17, 15) is 0 Å². The van der Waals surface area contributed by atoms with E-state index in [0.717, 1.165) is 35.7 Å². The Morgan fingerprint density at radius 2 is 2.29 bits per heavy atom. The molecule has 130 valence electrons. The topological polar surface area (TPSA) is 74.3 Å². The second-order valence-electron chi connectivity index (χ2n) is 6.49. The van der Waals surface area contributed by atoms with Crippen LogP contribution in [-0.2, 0) is 11.3 Å². The smallest absolute Gasteiger partial charge is 0.191 e. The number of H-pyrrole nitrogens is 1. The van der Waals surface area contributed by atoms with Crippen molar-refractivity contribution in [2.45, 2.75) is 51.0 Å². The summed E-state index contributed by atoms with van der Waals surface area (Å²) in [4.78, 5) is 12.3. The molecule has 0 aliphatic carbocycles. The molecule has 2 aliphatic rings. The maximum Gasteiger partial charge on any atom is 0.191 e. The number of aryl methyl sites for hydroxylation is 1. The second-order valence-corrected chi connectivity index (χ2v) is 6.49. The average Bonchev–Trinajstić information content (AvgIpc) is 3.25. The van der Waals surface area contributed by atoms with Gasteiger partial charge in [0.1, 0.15) is 5.82 Å². The number of rotatable bonds is 3. The Hall–Kier alpha value is -1.35. The minimum Gasteiger partial charge on any atom is -0.373 e. The summed E-state index contributed by atoms with van der Waals surface area (Å²) in [5, 5.41) is 6.82. The first-order valence-corrected chi connectivity index (χ1v) is 8.29. The number of benzene rings is 1. The molecule has 3 heterocycles. The van der Waals surface area contributed by atoms with Crippen molar-refractivity contribution in [1.29, 1.82) is 0 Å². The summed E-state index contributed by atoms with van der Waals surface area (Å²) in [5.41, 5.74) is 3.30. The fourth-order valence-electron chi connectivity index (χ4n) is 3.59. The third kappa shape index (κ3) is 3.51. The van der Waals surface area contributed by atoms with Gasteiger partial charge in [-0.05, 0) is 43.9 Å². The minimum absolute atomic E-state index is 0. The molecule has 2 aromatic rings. The van der Waals surface area contributed by atoms with E-state index >= 15 is 0 Å². The lowest BCUT2D eigenvalue weighted by molar-refractivity contribution is 0.0992. The molecule has 1 aromatic heterocycles. The molecule has 2 fully saturated rings. The van der Waals surface area contributed by atoms with Crippen LogP contribution in [0.5, 0.6) is 0 Å². The number of nitrogens with one attached hydrogen (secondary N) is 3. The van der Waals surface area contributed by atoms with Crippen LogP contribution in [0.15, 0.2) is 23.2 Å². The molecule has 1 aromatic carbocycles. The zero-order valence-electron chi connectivity index (χ0n) is 14.0. The van der Waals surface area contributed by atoms with E-state index in [1.54, 1.807) is 7.05 Å². The van der Waals surface area contributed by atoms with Crippen molar-refractivity contribution in [2.24, 2.45) is 4.99 Å². The maximum atomic E-state index is 5.88. The summed E-state index contributed by atoms with van der Waals surface area (Å²) in [7, 11) is 1.80. The Morgan fingerprint density at radius 1 is 1.42 bits per heavy atom. The zero-order chi connectivity index (χ0) is 15.8. The van der Waals surface area contributed by atoms with Crippen molar-refractivity contribution in [3.63, 3.8) is 0 Å². The molecule has 0 spiro atoms. The predicted octanol–water partition coefficient (Wildman–Crippen LogP) is 2.47. The van der Waals surface area contributed by atoms with Crippen LogP contribution in [0, 0.1) is 6.92 Å². The number of aromatic amines is 1. The van der Waals surface area contributed by atoms with Gasteiger partial charge in [-0.15, -0.1) is 24.0 Å². The van der Waals surface area contributed by atoms with Gasteiger partial charge in [-0.2, -0.15) is 0 Å². The first-order valence-electron chi connectivity index (χ1n) is 8.29. The van der Waals surface area contributed by atoms with Crippen LogP contribution < -0.4 is 10.6 Å². The summed E-state index contributed by atoms with van der Waals surface area (Å²) < 4.78 is 5.88. The Bertz CT molecular complexity index is 744. The number of ether oxygens (including phenoxy) is 1. The average molecular weight is 441 g/mol. The Morgan fingerprint density at radius 3 is 3.00 bits per heavy atom. The van der Waals surface area contributed by atoms with Crippen LogP contribution in [0.1, 0.15) is 30.7 Å². The van der Waals surface area contributed by atoms with Gasteiger partial charge in [0, 0.05) is 7.05 Å². The Balaban J connectivity index is 0.00000169. The molecular weight excluding hydrogens is 417 g/mol. The number of fused-ring (bicyclic) bond motifs is 3. The lowest BCUT2D eigenvalue weighted by Crippen LogP contribution is -2.47. The van der Waals surface area contributed by atoms with Gasteiger partial charge in [-0.25, -0.2) is 4.98 Å². The van der Waals surface area contributed by atoms with Crippen molar-refractivity contribution < 1.29 is 4.74 Å². The molecule has 2 aliphatic heterocycles. The van der Waals surface area contributed by atoms with Gasteiger partial charge in [-0.3, -0.25) is 4.99 Å². The van der Waals surface area contributed by atoms with Crippen LogP contribution in [0.3, 0.4) is 0 Å². The van der Waals surface area contributed by atoms with E-state index in [2.05, 4.69) is 44.7 Å². The Labute approximate surface area is 158 Å². The van der Waals surface area contributed by atoms with Crippen LogP contribution in [-0.4, -0.2) is 41.2 Å². The van der Waals surface area contributed by atoms with E-state index in [1.165, 1.54) is 12.0 Å². The monoisotopic (exact) mass is 441 g/mol. The summed E-state index contributed by atoms with van der Waals surface area (Å²) in [6, 6.07) is 6.62. The number of nitrogens with zero attached hydrogens (tertiary/aromatic N) is 2. The molecule has 3 unspecified atom stereocenters. The van der Waals surface area contributed by atoms with E-state index in [0.29, 0.717) is 24.8 Å². The van der Waals surface area contributed by atoms with E-state index in [1.807, 2.05) is 6.07 Å². The van der Waals surface area contributed by atoms with E-state index < -0.39 is 0 Å². The highest BCUT2D eigenvalue weighted by Crippen LogP contribution is 2.34. The van der Waals surface area contributed by atoms with Crippen LogP contribution in [0.2, 0.25) is 0 Å². The molecule has 0 radical (unpaired) electrons. The predicted molar refractivity (Wildman–Crippen MR) is 106 cm³/mol. The minimum atomic E-state index is 0. The lowest BCUT2D eigenvalue weighted by atomic mass is 9.96. The van der Waals surface area contributed by atoms with E-state index in [-0.39, 0.29) is 24.0 Å². The number of hydrogen-bond donors (Lipinski definition) is 3. The highest BCUT2D eigenvalue weighted by atomic mass is 127. The molecule has 2 saturated heterocycles. The van der Waals surface area contributed by atoms with Gasteiger partial charge in [0.25, 0.3) is 0 Å². The van der Waals surface area contributed by atoms with Gasteiger partial charge < -0.3 is 20.4 Å². The van der Waals surface area contributed by atoms with E-state index in [4.69, 9.17) is 4.74 Å². The second kappa shape index (κ2) is 7.26. The fourth-order valence-corrected chi connectivity index (χ4v) is 3.59. The number of hydrogen-bond acceptors (Lipinski definition) is 3. The largest absolute Gasteiger partial charge is 0.373 e. The highest BCUT2D eigenvalue weighted by molar-refractivity contribution is 14.0. The number of imidazole rings is 1. The highest BCUT2D eigenvalue weighted by Gasteiger charge is 2.41. The van der Waals surface area contributed by atoms with Crippen molar-refractivity contribution in [3.8, 4) is 0 Å². The van der Waals surface area contributed by atoms with Crippen molar-refractivity contribution in [1.82, 2.24) is 20.6 Å². The molecule has 3 N–H and O–H groups in total. The van der Waals surface area contributed by atoms with Gasteiger partial charge in [0.05, 0.1) is 35.8 Å². The SMILES string of the molecule is CN=C(NCc1nc2ccc(C)cc2[nH]1)NC1CC2CCC1O2.I. The van der Waals surface area contributed by atoms with Gasteiger partial charge >= 0.3 is 0 Å². The molecule has 0 amide bonds. The summed E-state index contributed by atoms with van der Waals surface area (Å²) in [6.07, 6.45) is 4.21. The summed E-state index contributed by atoms with van der Waals surface area (Å²) in [6.45, 7) is 2.70. The molecule has 24 heavy (non-hydrogen) atoms. The normalized spacial score (nSPS) is 25.8. The molecule has 7 heteroatoms. The first kappa shape index (κ1) is 17.5. The standard InChI is InChI=1S/C17H23N5O.HI/c1-10-3-5-12-13(7-10)21-16(20-12)9-19-17(18-2)22-14-8-11-4-6-15(14)23-11;/h3,5,7,11,14-15H,4,6,8-9H2,1-2H3,(H,20,21)(H2,18,19,22);1H. The summed E-state index contributed by atoms with van der Waals surface area (Å²) >= 11 is 0. The van der Waals surface area contributed by atoms with Crippen LogP contribution in [0.4, 0.5) is 0 Å². The number of halogens is 1. The van der Waals surface area contributed by atoms with Gasteiger partial charge in [0.2, 0.25) is 0 Å². The summed E-state index contributed by atoms with van der Waals surface area (Å²) in [5.74, 6) is 1.72. The van der Waals surface area contributed by atoms with Crippen molar-refractivity contribution in [2.75, 3.05) is 7.05 Å². The molecule has 0 saturated carbocycles. The van der Waals surface area contributed by atoms with Crippen LogP contribution >= 0.6 is 24.0 Å². The molecule has 4 rings (SSSR count). The first-order chi connectivity index (χ1) is 11.2. The molecular formula is C17H24IN5O. The third-order valence-corrected chi connectivity index (χ3v) is 4.76. The van der Waals surface area contributed by atoms with Crippen LogP contribution in [0.25, 0.3) is 11.0 Å². The maximum absolute atomic E-state index is 5.88. The third-order valence-electron chi connectivity index (χ3n) is 4.76. The van der Waals surface area contributed by atoms with Gasteiger partial charge in [0.15, 0.2) is 5.96 Å². The Kier molecular flexibility index (Phi) is 5.29. The molecule has 2 bridgehead atoms. The molecule has 3 atom stereocenters. The number of guanidine groups is 1. The van der Waals surface area contributed by atoms with Gasteiger partial charge in [-0.1, -0.05) is 6.07 Å². The van der Waals surface area contributed by atoms with Crippen molar-refractivity contribution in [3.05, 3.63) is 29.6 Å². The number of aliphatic imine (C=N–C) groups is 1. The van der Waals surface area contributed by atoms with Crippen molar-refractivity contribution >= 4 is 41.0 Å². The lowest BCUT2D eigenvalue weighted by Gasteiger charge is -2.22. The molecule has 6 nitrogen and oxygen atoms in total. The zero-order valence-corrected chi connectivity index (χ0v) is 16.3. The quantitative estimate of drug-likeness (QED) is 0.389. The fraction of sp³-hybridized carbons (Fsp3) is 0.529.